The number of aromatic nitrogens is 2. The normalized spacial score (nSPS) is 26.5. The van der Waals surface area contributed by atoms with Crippen LogP contribution in [0.1, 0.15) is 18.6 Å². The lowest BCUT2D eigenvalue weighted by molar-refractivity contribution is -0.0822. The van der Waals surface area contributed by atoms with E-state index >= 15 is 0 Å². The third-order valence-corrected chi connectivity index (χ3v) is 5.04. The van der Waals surface area contributed by atoms with Crippen molar-refractivity contribution in [1.82, 2.24) is 14.9 Å². The van der Waals surface area contributed by atoms with E-state index in [1.54, 1.807) is 18.7 Å². The number of rotatable bonds is 5. The molecule has 0 N–H and O–H groups in total. The minimum Gasteiger partial charge on any atom is -0.468 e. The van der Waals surface area contributed by atoms with Crippen molar-refractivity contribution in [3.63, 3.8) is 0 Å². The zero-order valence-corrected chi connectivity index (χ0v) is 15.2. The monoisotopic (exact) mass is 358 g/mol. The van der Waals surface area contributed by atoms with Gasteiger partial charge in [-0.2, -0.15) is 0 Å². The van der Waals surface area contributed by atoms with Crippen molar-refractivity contribution in [2.75, 3.05) is 44.8 Å². The molecule has 2 atom stereocenters. The predicted molar refractivity (Wildman–Crippen MR) is 96.9 cm³/mol. The van der Waals surface area contributed by atoms with Crippen LogP contribution in [0.2, 0.25) is 0 Å². The molecular weight excluding hydrogens is 332 g/mol. The van der Waals surface area contributed by atoms with Gasteiger partial charge in [0.15, 0.2) is 0 Å². The minimum atomic E-state index is -0.272. The van der Waals surface area contributed by atoms with Gasteiger partial charge in [-0.1, -0.05) is 0 Å². The molecule has 0 amide bonds. The van der Waals surface area contributed by atoms with Gasteiger partial charge in [-0.25, -0.2) is 9.97 Å². The van der Waals surface area contributed by atoms with E-state index in [1.165, 1.54) is 0 Å². The molecule has 2 aromatic rings. The highest BCUT2D eigenvalue weighted by molar-refractivity contribution is 5.30. The summed E-state index contributed by atoms with van der Waals surface area (Å²) in [6, 6.07) is 5.77. The highest BCUT2D eigenvalue weighted by atomic mass is 16.6. The third kappa shape index (κ3) is 4.06. The molecule has 4 heterocycles. The molecule has 0 aliphatic carbocycles. The van der Waals surface area contributed by atoms with Crippen molar-refractivity contribution in [2.24, 2.45) is 0 Å². The van der Waals surface area contributed by atoms with Gasteiger partial charge < -0.3 is 18.8 Å². The lowest BCUT2D eigenvalue weighted by atomic mass is 10.00. The van der Waals surface area contributed by atoms with Crippen molar-refractivity contribution in [3.8, 4) is 0 Å². The highest BCUT2D eigenvalue weighted by Crippen LogP contribution is 2.34. The van der Waals surface area contributed by atoms with Crippen LogP contribution in [0.25, 0.3) is 0 Å². The van der Waals surface area contributed by atoms with Crippen LogP contribution in [-0.2, 0) is 16.0 Å². The van der Waals surface area contributed by atoms with Crippen LogP contribution in [0.3, 0.4) is 0 Å². The van der Waals surface area contributed by atoms with Gasteiger partial charge in [0.25, 0.3) is 0 Å². The quantitative estimate of drug-likeness (QED) is 0.809. The van der Waals surface area contributed by atoms with E-state index in [4.69, 9.17) is 13.9 Å². The Hall–Kier alpha value is -1.96. The van der Waals surface area contributed by atoms with Crippen molar-refractivity contribution in [1.29, 1.82) is 0 Å². The third-order valence-electron chi connectivity index (χ3n) is 5.04. The number of likely N-dealkylation sites (N-methyl/N-ethyl adjacent to an activating group) is 1. The maximum atomic E-state index is 6.52. The predicted octanol–water partition coefficient (Wildman–Crippen LogP) is 1.96. The summed E-state index contributed by atoms with van der Waals surface area (Å²) in [4.78, 5) is 13.2. The van der Waals surface area contributed by atoms with Gasteiger partial charge in [-0.05, 0) is 38.1 Å². The van der Waals surface area contributed by atoms with E-state index in [0.29, 0.717) is 13.2 Å². The maximum Gasteiger partial charge on any atom is 0.225 e. The Balaban J connectivity index is 1.37. The van der Waals surface area contributed by atoms with Crippen molar-refractivity contribution < 1.29 is 13.9 Å². The van der Waals surface area contributed by atoms with Gasteiger partial charge in [0.05, 0.1) is 38.7 Å². The van der Waals surface area contributed by atoms with Crippen LogP contribution in [0.15, 0.2) is 41.3 Å². The molecule has 0 unspecified atom stereocenters. The molecule has 0 saturated carbocycles. The van der Waals surface area contributed by atoms with Crippen molar-refractivity contribution in [2.45, 2.75) is 31.1 Å². The topological polar surface area (TPSA) is 63.9 Å². The Bertz CT molecular complexity index is 681. The Morgan fingerprint density at radius 1 is 1.31 bits per heavy atom. The molecule has 2 aliphatic heterocycles. The lowest BCUT2D eigenvalue weighted by Gasteiger charge is -2.32. The standard InChI is InChI=1S/C19H26N4O3/c1-22(12-16-4-2-10-25-16)13-17-5-6-19(26-17)14-23(9-11-24-15-19)18-20-7-3-8-21-18/h2-4,7-8,10,17H,5-6,9,11-15H2,1H3/t17-,19+/m0/s1. The van der Waals surface area contributed by atoms with Crippen LogP contribution >= 0.6 is 0 Å². The highest BCUT2D eigenvalue weighted by Gasteiger charge is 2.43. The van der Waals surface area contributed by atoms with E-state index < -0.39 is 0 Å². The van der Waals surface area contributed by atoms with E-state index in [9.17, 15) is 0 Å². The SMILES string of the molecule is CN(Cc1ccco1)C[C@@H]1CC[C@@]2(COCCN(c3ncccn3)C2)O1. The summed E-state index contributed by atoms with van der Waals surface area (Å²) in [5.41, 5.74) is -0.272. The second-order valence-electron chi connectivity index (χ2n) is 7.26. The largest absolute Gasteiger partial charge is 0.468 e. The number of nitrogens with zero attached hydrogens (tertiary/aromatic N) is 4. The number of furan rings is 1. The fourth-order valence-corrected chi connectivity index (χ4v) is 3.86. The smallest absolute Gasteiger partial charge is 0.225 e. The molecule has 2 aromatic heterocycles. The van der Waals surface area contributed by atoms with E-state index in [0.717, 1.165) is 50.7 Å². The molecule has 2 fully saturated rings. The van der Waals surface area contributed by atoms with Crippen LogP contribution in [0.4, 0.5) is 5.95 Å². The van der Waals surface area contributed by atoms with Crippen molar-refractivity contribution >= 4 is 5.95 Å². The Kier molecular flexibility index (Phi) is 5.19. The molecule has 1 spiro atoms. The van der Waals surface area contributed by atoms with Crippen LogP contribution in [0.5, 0.6) is 0 Å². The molecule has 140 valence electrons. The summed E-state index contributed by atoms with van der Waals surface area (Å²) < 4.78 is 17.8. The van der Waals surface area contributed by atoms with Gasteiger partial charge in [-0.15, -0.1) is 0 Å². The van der Waals surface area contributed by atoms with E-state index in [-0.39, 0.29) is 11.7 Å². The van der Waals surface area contributed by atoms with Crippen LogP contribution in [0, 0.1) is 0 Å². The van der Waals surface area contributed by atoms with Gasteiger partial charge in [0.2, 0.25) is 5.95 Å². The summed E-state index contributed by atoms with van der Waals surface area (Å²) in [6.45, 7) is 4.54. The number of hydrogen-bond acceptors (Lipinski definition) is 7. The Morgan fingerprint density at radius 2 is 2.19 bits per heavy atom. The molecule has 2 aliphatic rings. The zero-order valence-electron chi connectivity index (χ0n) is 15.2. The zero-order chi connectivity index (χ0) is 17.8. The molecule has 7 heteroatoms. The molecular formula is C19H26N4O3. The van der Waals surface area contributed by atoms with Gasteiger partial charge in [0.1, 0.15) is 11.4 Å². The number of hydrogen-bond donors (Lipinski definition) is 0. The fraction of sp³-hybridized carbons (Fsp3) is 0.579. The first-order valence-corrected chi connectivity index (χ1v) is 9.21. The second-order valence-corrected chi connectivity index (χ2v) is 7.26. The second kappa shape index (κ2) is 7.73. The molecule has 4 rings (SSSR count). The molecule has 2 saturated heterocycles. The molecule has 0 radical (unpaired) electrons. The first-order valence-electron chi connectivity index (χ1n) is 9.21. The summed E-state index contributed by atoms with van der Waals surface area (Å²) in [5, 5.41) is 0. The first-order chi connectivity index (χ1) is 12.7. The summed E-state index contributed by atoms with van der Waals surface area (Å²) in [7, 11) is 2.10. The molecule has 26 heavy (non-hydrogen) atoms. The summed E-state index contributed by atoms with van der Waals surface area (Å²) >= 11 is 0. The van der Waals surface area contributed by atoms with Gasteiger partial charge in [0, 0.05) is 25.5 Å². The minimum absolute atomic E-state index is 0.204. The molecule has 0 bridgehead atoms. The summed E-state index contributed by atoms with van der Waals surface area (Å²) in [5.74, 6) is 1.73. The fourth-order valence-electron chi connectivity index (χ4n) is 3.86. The average molecular weight is 358 g/mol. The van der Waals surface area contributed by atoms with Crippen LogP contribution in [-0.4, -0.2) is 66.5 Å². The van der Waals surface area contributed by atoms with Gasteiger partial charge in [-0.3, -0.25) is 4.90 Å². The average Bonchev–Trinajstić information content (AvgIpc) is 3.23. The lowest BCUT2D eigenvalue weighted by Crippen LogP contribution is -2.45. The number of anilines is 1. The molecule has 7 nitrogen and oxygen atoms in total. The summed E-state index contributed by atoms with van der Waals surface area (Å²) in [6.07, 6.45) is 7.51. The van der Waals surface area contributed by atoms with Gasteiger partial charge >= 0.3 is 0 Å². The van der Waals surface area contributed by atoms with Crippen LogP contribution < -0.4 is 4.90 Å². The molecule has 0 aromatic carbocycles. The van der Waals surface area contributed by atoms with E-state index in [2.05, 4.69) is 26.8 Å². The Labute approximate surface area is 153 Å². The maximum absolute atomic E-state index is 6.52. The van der Waals surface area contributed by atoms with Crippen molar-refractivity contribution in [3.05, 3.63) is 42.6 Å². The first kappa shape index (κ1) is 17.5. The van der Waals surface area contributed by atoms with E-state index in [1.807, 2.05) is 18.2 Å². The number of ether oxygens (including phenoxy) is 2. The Morgan fingerprint density at radius 3 is 3.00 bits per heavy atom.